The fourth-order valence-corrected chi connectivity index (χ4v) is 5.73. The zero-order valence-electron chi connectivity index (χ0n) is 15.6. The van der Waals surface area contributed by atoms with Crippen LogP contribution >= 0.6 is 11.3 Å². The Bertz CT molecular complexity index is 1060. The Morgan fingerprint density at radius 2 is 1.73 bits per heavy atom. The number of ether oxygens (including phenoxy) is 1. The van der Waals surface area contributed by atoms with Crippen molar-refractivity contribution in [2.75, 3.05) is 18.1 Å². The molecule has 0 N–H and O–H groups in total. The molecule has 1 aliphatic rings. The first-order valence-corrected chi connectivity index (χ1v) is 11.4. The summed E-state index contributed by atoms with van der Waals surface area (Å²) < 4.78 is 95.6. The van der Waals surface area contributed by atoms with Crippen LogP contribution in [0.15, 0.2) is 11.4 Å². The summed E-state index contributed by atoms with van der Waals surface area (Å²) in [6.45, 7) is 0.799. The molecule has 1 aromatic heterocycles. The highest BCUT2D eigenvalue weighted by molar-refractivity contribution is 7.91. The molecule has 30 heavy (non-hydrogen) atoms. The fraction of sp³-hybridized carbons (Fsp3) is 0.389. The van der Waals surface area contributed by atoms with Gasteiger partial charge in [-0.2, -0.15) is 8.78 Å². The van der Waals surface area contributed by atoms with E-state index in [0.717, 1.165) is 10.4 Å². The number of amides is 1. The van der Waals surface area contributed by atoms with Crippen molar-refractivity contribution in [2.45, 2.75) is 25.9 Å². The lowest BCUT2D eigenvalue weighted by Gasteiger charge is -2.28. The van der Waals surface area contributed by atoms with Gasteiger partial charge in [0, 0.05) is 10.9 Å². The largest absolute Gasteiger partial charge is 0.477 e. The highest BCUT2D eigenvalue weighted by Gasteiger charge is 2.36. The van der Waals surface area contributed by atoms with Crippen LogP contribution in [0.4, 0.5) is 22.0 Å². The molecule has 3 rings (SSSR count). The van der Waals surface area contributed by atoms with E-state index in [1.165, 1.54) is 16.2 Å². The molecular formula is C18H16F5NO4S2. The maximum atomic E-state index is 13.8. The Labute approximate surface area is 173 Å². The summed E-state index contributed by atoms with van der Waals surface area (Å²) in [6.07, 6.45) is 0.168. The van der Waals surface area contributed by atoms with Crippen LogP contribution in [-0.2, 0) is 21.2 Å². The van der Waals surface area contributed by atoms with Gasteiger partial charge in [0.15, 0.2) is 22.2 Å². The third kappa shape index (κ3) is 4.43. The van der Waals surface area contributed by atoms with Crippen molar-refractivity contribution in [3.8, 4) is 5.75 Å². The molecule has 12 heteroatoms. The van der Waals surface area contributed by atoms with E-state index in [4.69, 9.17) is 0 Å². The summed E-state index contributed by atoms with van der Waals surface area (Å²) >= 11 is 1.33. The Kier molecular flexibility index (Phi) is 6.37. The monoisotopic (exact) mass is 469 g/mol. The van der Waals surface area contributed by atoms with Crippen LogP contribution in [0.5, 0.6) is 5.75 Å². The van der Waals surface area contributed by atoms with E-state index in [1.54, 1.807) is 18.4 Å². The van der Waals surface area contributed by atoms with Gasteiger partial charge in [-0.25, -0.2) is 21.6 Å². The number of benzene rings is 1. The molecule has 2 aromatic rings. The molecule has 0 bridgehead atoms. The molecule has 2 heterocycles. The first-order valence-electron chi connectivity index (χ1n) is 8.69. The molecule has 5 nitrogen and oxygen atoms in total. The minimum absolute atomic E-state index is 0.0307. The van der Waals surface area contributed by atoms with Crippen molar-refractivity contribution in [2.24, 2.45) is 0 Å². The van der Waals surface area contributed by atoms with E-state index >= 15 is 0 Å². The predicted molar refractivity (Wildman–Crippen MR) is 98.4 cm³/mol. The second kappa shape index (κ2) is 8.50. The molecule has 1 aliphatic heterocycles. The standard InChI is InChI=1S/C18H16F5NO4S2/c1-9-2-4-29-11(9)6-24(10-3-5-30(26,27)8-10)12(25)7-28-18-16(22)14(20)13(19)15(21)17(18)23/h2,4,10H,3,5-8H2,1H3. The maximum Gasteiger partial charge on any atom is 0.261 e. The zero-order chi connectivity index (χ0) is 22.2. The number of sulfone groups is 1. The second-order valence-corrected chi connectivity index (χ2v) is 10.0. The van der Waals surface area contributed by atoms with Gasteiger partial charge in [0.2, 0.25) is 29.1 Å². The van der Waals surface area contributed by atoms with Crippen molar-refractivity contribution in [1.29, 1.82) is 0 Å². The number of hydrogen-bond donors (Lipinski definition) is 0. The number of hydrogen-bond acceptors (Lipinski definition) is 5. The van der Waals surface area contributed by atoms with Crippen LogP contribution in [0.1, 0.15) is 16.9 Å². The molecule has 0 spiro atoms. The van der Waals surface area contributed by atoms with Crippen molar-refractivity contribution in [3.63, 3.8) is 0 Å². The van der Waals surface area contributed by atoms with E-state index in [1.807, 2.05) is 0 Å². The highest BCUT2D eigenvalue weighted by atomic mass is 32.2. The molecule has 1 aromatic carbocycles. The van der Waals surface area contributed by atoms with Gasteiger partial charge in [-0.15, -0.1) is 11.3 Å². The van der Waals surface area contributed by atoms with Gasteiger partial charge in [-0.3, -0.25) is 4.79 Å². The number of thiophene rings is 1. The van der Waals surface area contributed by atoms with Gasteiger partial charge in [-0.1, -0.05) is 0 Å². The van der Waals surface area contributed by atoms with Crippen molar-refractivity contribution in [3.05, 3.63) is 51.0 Å². The summed E-state index contributed by atoms with van der Waals surface area (Å²) in [7, 11) is -3.35. The molecule has 0 saturated carbocycles. The third-order valence-corrected chi connectivity index (χ3v) is 7.52. The van der Waals surface area contributed by atoms with E-state index in [9.17, 15) is 35.2 Å². The molecule has 164 valence electrons. The topological polar surface area (TPSA) is 63.7 Å². The van der Waals surface area contributed by atoms with E-state index < -0.39 is 63.2 Å². The fourth-order valence-electron chi connectivity index (χ4n) is 3.09. The number of aryl methyl sites for hydroxylation is 1. The van der Waals surface area contributed by atoms with Gasteiger partial charge in [0.1, 0.15) is 0 Å². The van der Waals surface area contributed by atoms with E-state index in [-0.39, 0.29) is 24.5 Å². The Hall–Kier alpha value is -2.21. The average molecular weight is 469 g/mol. The normalized spacial score (nSPS) is 17.9. The number of carbonyl (C=O) groups is 1. The molecular weight excluding hydrogens is 453 g/mol. The Balaban J connectivity index is 1.83. The summed E-state index contributed by atoms with van der Waals surface area (Å²) in [5.41, 5.74) is 0.860. The lowest BCUT2D eigenvalue weighted by molar-refractivity contribution is -0.136. The van der Waals surface area contributed by atoms with Gasteiger partial charge in [0.05, 0.1) is 18.1 Å². The molecule has 0 aliphatic carbocycles. The zero-order valence-corrected chi connectivity index (χ0v) is 17.2. The molecule has 1 amide bonds. The quantitative estimate of drug-likeness (QED) is 0.370. The van der Waals surface area contributed by atoms with E-state index in [0.29, 0.717) is 0 Å². The van der Waals surface area contributed by atoms with Crippen LogP contribution in [0.3, 0.4) is 0 Å². The highest BCUT2D eigenvalue weighted by Crippen LogP contribution is 2.30. The summed E-state index contributed by atoms with van der Waals surface area (Å²) in [5.74, 6) is -13.9. The molecule has 0 radical (unpaired) electrons. The number of halogens is 5. The minimum atomic E-state index is -3.35. The summed E-state index contributed by atoms with van der Waals surface area (Å²) in [5, 5.41) is 1.78. The van der Waals surface area contributed by atoms with Gasteiger partial charge < -0.3 is 9.64 Å². The van der Waals surface area contributed by atoms with Crippen LogP contribution in [0, 0.1) is 36.0 Å². The average Bonchev–Trinajstić information content (AvgIpc) is 3.27. The predicted octanol–water partition coefficient (Wildman–Crippen LogP) is 3.35. The van der Waals surface area contributed by atoms with Crippen molar-refractivity contribution >= 4 is 27.1 Å². The third-order valence-electron chi connectivity index (χ3n) is 4.76. The van der Waals surface area contributed by atoms with Crippen LogP contribution in [0.25, 0.3) is 0 Å². The van der Waals surface area contributed by atoms with Crippen LogP contribution in [0.2, 0.25) is 0 Å². The minimum Gasteiger partial charge on any atom is -0.477 e. The Morgan fingerprint density at radius 1 is 1.13 bits per heavy atom. The summed E-state index contributed by atoms with van der Waals surface area (Å²) in [4.78, 5) is 14.7. The van der Waals surface area contributed by atoms with Gasteiger partial charge in [-0.05, 0) is 30.4 Å². The smallest absolute Gasteiger partial charge is 0.261 e. The van der Waals surface area contributed by atoms with Gasteiger partial charge in [0.25, 0.3) is 5.91 Å². The summed E-state index contributed by atoms with van der Waals surface area (Å²) in [6, 6.07) is 1.11. The lowest BCUT2D eigenvalue weighted by Crippen LogP contribution is -2.43. The molecule has 1 saturated heterocycles. The number of nitrogens with zero attached hydrogens (tertiary/aromatic N) is 1. The first kappa shape index (κ1) is 22.5. The number of carbonyl (C=O) groups excluding carboxylic acids is 1. The van der Waals surface area contributed by atoms with Crippen LogP contribution < -0.4 is 4.74 Å². The molecule has 1 fully saturated rings. The maximum absolute atomic E-state index is 13.8. The van der Waals surface area contributed by atoms with Gasteiger partial charge >= 0.3 is 0 Å². The Morgan fingerprint density at radius 3 is 2.23 bits per heavy atom. The molecule has 1 unspecified atom stereocenters. The SMILES string of the molecule is Cc1ccsc1CN(C(=O)COc1c(F)c(F)c(F)c(F)c1F)C1CCS(=O)(=O)C1. The van der Waals surface area contributed by atoms with E-state index in [2.05, 4.69) is 4.74 Å². The van der Waals surface area contributed by atoms with Crippen LogP contribution in [-0.4, -0.2) is 43.4 Å². The second-order valence-electron chi connectivity index (χ2n) is 6.79. The van der Waals surface area contributed by atoms with Crippen molar-refractivity contribution < 1.29 is 39.9 Å². The number of rotatable bonds is 6. The van der Waals surface area contributed by atoms with Crippen molar-refractivity contribution in [1.82, 2.24) is 4.90 Å². The lowest BCUT2D eigenvalue weighted by atomic mass is 10.2. The first-order chi connectivity index (χ1) is 14.0. The molecule has 1 atom stereocenters.